The van der Waals surface area contributed by atoms with E-state index in [-0.39, 0.29) is 42.0 Å². The van der Waals surface area contributed by atoms with E-state index in [0.29, 0.717) is 17.0 Å². The van der Waals surface area contributed by atoms with Gasteiger partial charge < -0.3 is 26.5 Å². The summed E-state index contributed by atoms with van der Waals surface area (Å²) in [5.41, 5.74) is 7.22. The van der Waals surface area contributed by atoms with Gasteiger partial charge in [-0.25, -0.2) is 0 Å². The summed E-state index contributed by atoms with van der Waals surface area (Å²) in [4.78, 5) is 0. The van der Waals surface area contributed by atoms with E-state index < -0.39 is 5.90 Å². The van der Waals surface area contributed by atoms with E-state index in [9.17, 15) is 10.2 Å². The van der Waals surface area contributed by atoms with Gasteiger partial charge in [-0.1, -0.05) is 67.3 Å². The van der Waals surface area contributed by atoms with E-state index in [0.717, 1.165) is 10.8 Å². The second-order valence-corrected chi connectivity index (χ2v) is 5.63. The molecule has 0 saturated heterocycles. The average Bonchev–Trinajstić information content (AvgIpc) is 2.67. The summed E-state index contributed by atoms with van der Waals surface area (Å²) in [6.07, 6.45) is 0. The zero-order chi connectivity index (χ0) is 19.8. The molecule has 2 N–H and O–H groups in total. The Bertz CT molecular complexity index is 991. The normalized spacial score (nSPS) is 11.0. The fourth-order valence-corrected chi connectivity index (χ4v) is 2.54. The van der Waals surface area contributed by atoms with Crippen molar-refractivity contribution >= 4 is 28.1 Å². The quantitative estimate of drug-likeness (QED) is 0.289. The number of fused-ring (bicyclic) bond motifs is 1. The zero-order valence-electron chi connectivity index (χ0n) is 16.0. The first kappa shape index (κ1) is 26.2. The molecule has 0 aliphatic rings. The first-order valence-corrected chi connectivity index (χ1v) is 8.41. The van der Waals surface area contributed by atoms with Gasteiger partial charge in [0.25, 0.3) is 0 Å². The van der Waals surface area contributed by atoms with Gasteiger partial charge in [0.2, 0.25) is 0 Å². The number of nitrogens with two attached hydrogens (primary N) is 1. The molecule has 0 atom stereocenters. The Morgan fingerprint density at radius 2 is 1.55 bits per heavy atom. The topological polar surface area (TPSA) is 148 Å². The first-order valence-electron chi connectivity index (χ1n) is 8.41. The minimum Gasteiger partial charge on any atom is -2.00 e. The molecule has 0 fully saturated rings. The third kappa shape index (κ3) is 6.62. The molecule has 7 nitrogen and oxygen atoms in total. The number of rotatable bonds is 3. The molecule has 153 valence electrons. The molecule has 29 heavy (non-hydrogen) atoms. The largest absolute Gasteiger partial charge is 2.00 e. The molecule has 0 saturated carbocycles. The third-order valence-electron chi connectivity index (χ3n) is 3.73. The Morgan fingerprint density at radius 1 is 0.966 bits per heavy atom. The van der Waals surface area contributed by atoms with Crippen LogP contribution < -0.4 is 21.1 Å². The van der Waals surface area contributed by atoms with Crippen LogP contribution in [0.1, 0.15) is 25.0 Å². The minimum atomic E-state index is -0.542. The number of para-hydroxylation sites is 1. The van der Waals surface area contributed by atoms with Gasteiger partial charge in [0.05, 0.1) is 5.71 Å². The van der Waals surface area contributed by atoms with Crippen molar-refractivity contribution in [3.63, 3.8) is 0 Å². The summed E-state index contributed by atoms with van der Waals surface area (Å²) in [6.45, 7) is 3.23. The molecule has 0 amide bonds. The van der Waals surface area contributed by atoms with Crippen molar-refractivity contribution in [1.29, 1.82) is 0 Å². The maximum Gasteiger partial charge on any atom is 0.0671 e. The molecule has 0 heterocycles. The number of hydrogen-bond acceptors (Lipinski definition) is 6. The molecule has 0 aliphatic carbocycles. The molecule has 0 aromatic heterocycles. The Morgan fingerprint density at radius 3 is 2.21 bits per heavy atom. The predicted molar refractivity (Wildman–Crippen MR) is 104 cm³/mol. The third-order valence-corrected chi connectivity index (χ3v) is 3.73. The maximum absolute atomic E-state index is 12.2. The number of hydrogen-bond donors (Lipinski definition) is 1. The van der Waals surface area contributed by atoms with Crippen LogP contribution in [0.25, 0.3) is 10.8 Å². The van der Waals surface area contributed by atoms with Gasteiger partial charge in [-0.2, -0.15) is 10.2 Å². The van der Waals surface area contributed by atoms with Crippen molar-refractivity contribution < 1.29 is 39.4 Å². The van der Waals surface area contributed by atoms with Crippen molar-refractivity contribution in [2.24, 2.45) is 10.2 Å². The van der Waals surface area contributed by atoms with Crippen molar-refractivity contribution in [3.05, 3.63) is 71.8 Å². The number of nitrogens with zero attached hydrogens (tertiary/aromatic N) is 2. The molecule has 3 rings (SSSR count). The van der Waals surface area contributed by atoms with Crippen molar-refractivity contribution in [1.82, 2.24) is 0 Å². The minimum absolute atomic E-state index is 0. The monoisotopic (exact) mass is 429 g/mol. The van der Waals surface area contributed by atoms with Crippen LogP contribution in [0.3, 0.4) is 0 Å². The molecule has 0 bridgehead atoms. The van der Waals surface area contributed by atoms with E-state index in [1.165, 1.54) is 6.07 Å². The summed E-state index contributed by atoms with van der Waals surface area (Å²) in [7, 11) is 0. The van der Waals surface area contributed by atoms with Crippen molar-refractivity contribution in [2.45, 2.75) is 13.8 Å². The summed E-state index contributed by atoms with van der Waals surface area (Å²) < 4.78 is 0. The van der Waals surface area contributed by atoms with Crippen LogP contribution in [0.4, 0.5) is 5.69 Å². The fourth-order valence-electron chi connectivity index (χ4n) is 2.54. The standard InChI is InChI=1S/C19H17N3O2.C2H5O.O.V/c1-12(21-22-19(24)15-8-4-5-9-16(15)20)18-14-7-3-2-6-13(14)10-11-17(18)23;1-2-3;;/h2-11,23H,20H2,1H3,(H,22,24);2H2,1H3;;/q;-1;-2;/p-2/b21-12+;;;. The Kier molecular flexibility index (Phi) is 11.4. The summed E-state index contributed by atoms with van der Waals surface area (Å²) in [6, 6.07) is 17.4. The van der Waals surface area contributed by atoms with E-state index in [2.05, 4.69) is 10.2 Å². The molecular formula is C21H20N3O4V-5. The Hall–Kier alpha value is -2.84. The van der Waals surface area contributed by atoms with Gasteiger partial charge in [0.1, 0.15) is 0 Å². The number of anilines is 1. The predicted octanol–water partition coefficient (Wildman–Crippen LogP) is 1.27. The van der Waals surface area contributed by atoms with E-state index >= 15 is 0 Å². The number of nitrogen functional groups attached to an aromatic ring is 1. The van der Waals surface area contributed by atoms with Crippen LogP contribution in [0.5, 0.6) is 5.75 Å². The van der Waals surface area contributed by atoms with Crippen molar-refractivity contribution in [2.75, 3.05) is 12.3 Å². The summed E-state index contributed by atoms with van der Waals surface area (Å²) in [5, 5.41) is 42.6. The van der Waals surface area contributed by atoms with Crippen LogP contribution in [-0.4, -0.2) is 18.2 Å². The summed E-state index contributed by atoms with van der Waals surface area (Å²) in [5.74, 6) is -0.697. The van der Waals surface area contributed by atoms with Crippen LogP contribution in [-0.2, 0) is 24.0 Å². The van der Waals surface area contributed by atoms with Gasteiger partial charge in [-0.15, -0.1) is 6.61 Å². The van der Waals surface area contributed by atoms with Gasteiger partial charge in [-0.05, 0) is 29.3 Å². The molecule has 0 unspecified atom stereocenters. The van der Waals surface area contributed by atoms with Gasteiger partial charge >= 0.3 is 0 Å². The fraction of sp³-hybridized carbons (Fsp3) is 0.143. The van der Waals surface area contributed by atoms with E-state index in [1.54, 1.807) is 44.2 Å². The molecule has 1 radical (unpaired) electrons. The van der Waals surface area contributed by atoms with E-state index in [1.807, 2.05) is 24.3 Å². The van der Waals surface area contributed by atoms with Gasteiger partial charge in [-0.3, -0.25) is 0 Å². The molecule has 3 aromatic carbocycles. The second-order valence-electron chi connectivity index (χ2n) is 5.63. The second kappa shape index (κ2) is 12.6. The molecule has 3 aromatic rings. The zero-order valence-corrected chi connectivity index (χ0v) is 17.4. The SMILES string of the molecule is C/C(=N\N=C(/[O-])c1ccccc1N)c1c([O-])ccc2ccccc12.CC[O-].[O-2].[V]. The van der Waals surface area contributed by atoms with Gasteiger partial charge in [0, 0.05) is 35.7 Å². The van der Waals surface area contributed by atoms with Crippen LogP contribution in [0.15, 0.2) is 70.9 Å². The Labute approximate surface area is 181 Å². The van der Waals surface area contributed by atoms with Gasteiger partial charge in [0.15, 0.2) is 0 Å². The molecule has 8 heteroatoms. The Balaban J connectivity index is 0.00000148. The molecule has 0 aliphatic heterocycles. The molecular weight excluding hydrogens is 409 g/mol. The van der Waals surface area contributed by atoms with Crippen LogP contribution in [0.2, 0.25) is 0 Å². The smallest absolute Gasteiger partial charge is 0.0671 e. The van der Waals surface area contributed by atoms with E-state index in [4.69, 9.17) is 10.8 Å². The summed E-state index contributed by atoms with van der Waals surface area (Å²) >= 11 is 0. The van der Waals surface area contributed by atoms with Crippen LogP contribution in [0, 0.1) is 0 Å². The molecule has 0 spiro atoms. The number of benzene rings is 3. The average molecular weight is 429 g/mol. The van der Waals surface area contributed by atoms with Crippen molar-refractivity contribution in [3.8, 4) is 5.75 Å². The van der Waals surface area contributed by atoms with Crippen LogP contribution >= 0.6 is 0 Å². The first-order chi connectivity index (χ1) is 13.0. The maximum atomic E-state index is 12.2.